The lowest BCUT2D eigenvalue weighted by Gasteiger charge is -1.93. The summed E-state index contributed by atoms with van der Waals surface area (Å²) >= 11 is 0. The molecule has 1 heterocycles. The minimum absolute atomic E-state index is 0.444. The summed E-state index contributed by atoms with van der Waals surface area (Å²) < 4.78 is 5.24. The van der Waals surface area contributed by atoms with Crippen LogP contribution in [0, 0.1) is 18.3 Å². The van der Waals surface area contributed by atoms with Crippen molar-refractivity contribution in [3.8, 4) is 17.5 Å². The van der Waals surface area contributed by atoms with Crippen LogP contribution in [0.1, 0.15) is 11.5 Å². The monoisotopic (exact) mass is 185 g/mol. The van der Waals surface area contributed by atoms with E-state index in [2.05, 4.69) is 16.3 Å². The van der Waals surface area contributed by atoms with Gasteiger partial charge < -0.3 is 4.42 Å². The molecule has 14 heavy (non-hydrogen) atoms. The Hall–Kier alpha value is -2.15. The van der Waals surface area contributed by atoms with Crippen LogP contribution >= 0.6 is 0 Å². The molecular formula is C10H7N3O. The van der Waals surface area contributed by atoms with Crippen LogP contribution in [0.3, 0.4) is 0 Å². The van der Waals surface area contributed by atoms with E-state index >= 15 is 0 Å². The van der Waals surface area contributed by atoms with E-state index in [-0.39, 0.29) is 0 Å². The van der Waals surface area contributed by atoms with Gasteiger partial charge in [-0.3, -0.25) is 0 Å². The summed E-state index contributed by atoms with van der Waals surface area (Å²) in [5, 5.41) is 16.3. The summed E-state index contributed by atoms with van der Waals surface area (Å²) in [4.78, 5) is 0. The van der Waals surface area contributed by atoms with Crippen molar-refractivity contribution in [2.24, 2.45) is 0 Å². The van der Waals surface area contributed by atoms with Gasteiger partial charge in [0.05, 0.1) is 11.6 Å². The van der Waals surface area contributed by atoms with Crippen LogP contribution in [0.4, 0.5) is 0 Å². The number of benzene rings is 1. The number of hydrogen-bond acceptors (Lipinski definition) is 4. The molecule has 4 heteroatoms. The van der Waals surface area contributed by atoms with Crippen LogP contribution in [-0.2, 0) is 0 Å². The SMILES string of the molecule is Cc1nnc(-c2cccc(C#N)c2)o1. The Morgan fingerprint density at radius 1 is 1.36 bits per heavy atom. The zero-order valence-corrected chi connectivity index (χ0v) is 7.56. The standard InChI is InChI=1S/C10H7N3O/c1-7-12-13-10(14-7)9-4-2-3-8(5-9)6-11/h2-5H,1H3. The van der Waals surface area contributed by atoms with Crippen LogP contribution in [0.25, 0.3) is 11.5 Å². The molecule has 0 aliphatic carbocycles. The van der Waals surface area contributed by atoms with E-state index in [9.17, 15) is 0 Å². The van der Waals surface area contributed by atoms with Gasteiger partial charge in [-0.15, -0.1) is 10.2 Å². The predicted octanol–water partition coefficient (Wildman–Crippen LogP) is 1.92. The average molecular weight is 185 g/mol. The molecule has 0 aliphatic rings. The van der Waals surface area contributed by atoms with Gasteiger partial charge in [0.15, 0.2) is 0 Å². The average Bonchev–Trinajstić information content (AvgIpc) is 2.65. The highest BCUT2D eigenvalue weighted by atomic mass is 16.4. The third-order valence-corrected chi connectivity index (χ3v) is 1.76. The molecule has 0 saturated carbocycles. The van der Waals surface area contributed by atoms with Crippen LogP contribution in [-0.4, -0.2) is 10.2 Å². The molecule has 2 rings (SSSR count). The Bertz CT molecular complexity index is 496. The molecule has 0 bridgehead atoms. The second-order valence-electron chi connectivity index (χ2n) is 2.82. The van der Waals surface area contributed by atoms with E-state index in [1.54, 1.807) is 25.1 Å². The van der Waals surface area contributed by atoms with E-state index in [0.29, 0.717) is 17.3 Å². The molecule has 68 valence electrons. The summed E-state index contributed by atoms with van der Waals surface area (Å²) in [7, 11) is 0. The van der Waals surface area contributed by atoms with Crippen LogP contribution in [0.15, 0.2) is 28.7 Å². The van der Waals surface area contributed by atoms with E-state index in [4.69, 9.17) is 9.68 Å². The zero-order valence-electron chi connectivity index (χ0n) is 7.56. The van der Waals surface area contributed by atoms with Crippen molar-refractivity contribution < 1.29 is 4.42 Å². The number of aromatic nitrogens is 2. The summed E-state index contributed by atoms with van der Waals surface area (Å²) in [6.45, 7) is 1.73. The quantitative estimate of drug-likeness (QED) is 0.680. The Labute approximate surface area is 80.8 Å². The molecule has 1 aromatic carbocycles. The van der Waals surface area contributed by atoms with Gasteiger partial charge in [0.1, 0.15) is 0 Å². The van der Waals surface area contributed by atoms with Gasteiger partial charge >= 0.3 is 0 Å². The molecule has 0 radical (unpaired) electrons. The Balaban J connectivity index is 2.47. The smallest absolute Gasteiger partial charge is 0.247 e. The van der Waals surface area contributed by atoms with Crippen molar-refractivity contribution in [1.82, 2.24) is 10.2 Å². The molecule has 0 unspecified atom stereocenters. The van der Waals surface area contributed by atoms with Crippen molar-refractivity contribution >= 4 is 0 Å². The number of aryl methyl sites for hydroxylation is 1. The molecule has 4 nitrogen and oxygen atoms in total. The van der Waals surface area contributed by atoms with Crippen molar-refractivity contribution in [3.63, 3.8) is 0 Å². The highest BCUT2D eigenvalue weighted by Gasteiger charge is 2.05. The normalized spacial score (nSPS) is 9.71. The molecule has 1 aromatic heterocycles. The predicted molar refractivity (Wildman–Crippen MR) is 49.2 cm³/mol. The molecule has 0 atom stereocenters. The van der Waals surface area contributed by atoms with Crippen molar-refractivity contribution in [2.45, 2.75) is 6.92 Å². The molecule has 0 fully saturated rings. The molecule has 0 spiro atoms. The lowest BCUT2D eigenvalue weighted by atomic mass is 10.1. The zero-order chi connectivity index (χ0) is 9.97. The molecule has 0 saturated heterocycles. The van der Waals surface area contributed by atoms with E-state index < -0.39 is 0 Å². The Morgan fingerprint density at radius 3 is 2.86 bits per heavy atom. The first kappa shape index (κ1) is 8.45. The molecule has 2 aromatic rings. The highest BCUT2D eigenvalue weighted by molar-refractivity contribution is 5.55. The van der Waals surface area contributed by atoms with Gasteiger partial charge in [0.25, 0.3) is 0 Å². The van der Waals surface area contributed by atoms with E-state index in [0.717, 1.165) is 5.56 Å². The maximum atomic E-state index is 8.70. The summed E-state index contributed by atoms with van der Waals surface area (Å²) in [5.74, 6) is 0.960. The Morgan fingerprint density at radius 2 is 2.21 bits per heavy atom. The summed E-state index contributed by atoms with van der Waals surface area (Å²) in [6, 6.07) is 9.11. The van der Waals surface area contributed by atoms with Crippen molar-refractivity contribution in [2.75, 3.05) is 0 Å². The number of nitrogens with zero attached hydrogens (tertiary/aromatic N) is 3. The maximum Gasteiger partial charge on any atom is 0.247 e. The summed E-state index contributed by atoms with van der Waals surface area (Å²) in [6.07, 6.45) is 0. The van der Waals surface area contributed by atoms with Crippen molar-refractivity contribution in [1.29, 1.82) is 5.26 Å². The molecule has 0 amide bonds. The number of rotatable bonds is 1. The van der Waals surface area contributed by atoms with Crippen LogP contribution in [0.2, 0.25) is 0 Å². The largest absolute Gasteiger partial charge is 0.421 e. The third-order valence-electron chi connectivity index (χ3n) is 1.76. The maximum absolute atomic E-state index is 8.70. The first-order valence-corrected chi connectivity index (χ1v) is 4.10. The van der Waals surface area contributed by atoms with Gasteiger partial charge in [-0.1, -0.05) is 6.07 Å². The van der Waals surface area contributed by atoms with Gasteiger partial charge in [0.2, 0.25) is 11.8 Å². The summed E-state index contributed by atoms with van der Waals surface area (Å²) in [5.41, 5.74) is 1.35. The van der Waals surface area contributed by atoms with Crippen molar-refractivity contribution in [3.05, 3.63) is 35.7 Å². The van der Waals surface area contributed by atoms with Crippen LogP contribution < -0.4 is 0 Å². The first-order valence-electron chi connectivity index (χ1n) is 4.10. The fourth-order valence-electron chi connectivity index (χ4n) is 1.13. The molecule has 0 aliphatic heterocycles. The lowest BCUT2D eigenvalue weighted by Crippen LogP contribution is -1.79. The number of hydrogen-bond donors (Lipinski definition) is 0. The van der Waals surface area contributed by atoms with Crippen LogP contribution in [0.5, 0.6) is 0 Å². The second kappa shape index (κ2) is 3.30. The minimum atomic E-state index is 0.444. The molecular weight excluding hydrogens is 178 g/mol. The van der Waals surface area contributed by atoms with Gasteiger partial charge in [-0.05, 0) is 18.2 Å². The highest BCUT2D eigenvalue weighted by Crippen LogP contribution is 2.18. The third kappa shape index (κ3) is 1.48. The van der Waals surface area contributed by atoms with Gasteiger partial charge in [-0.2, -0.15) is 5.26 Å². The lowest BCUT2D eigenvalue weighted by molar-refractivity contribution is 0.533. The van der Waals surface area contributed by atoms with Gasteiger partial charge in [0, 0.05) is 12.5 Å². The molecule has 0 N–H and O–H groups in total. The first-order chi connectivity index (χ1) is 6.79. The van der Waals surface area contributed by atoms with E-state index in [1.807, 2.05) is 6.07 Å². The number of nitriles is 1. The fourth-order valence-corrected chi connectivity index (χ4v) is 1.13. The van der Waals surface area contributed by atoms with Gasteiger partial charge in [-0.25, -0.2) is 0 Å². The fraction of sp³-hybridized carbons (Fsp3) is 0.100. The van der Waals surface area contributed by atoms with E-state index in [1.165, 1.54) is 0 Å². The second-order valence-corrected chi connectivity index (χ2v) is 2.82. The topological polar surface area (TPSA) is 62.7 Å². The Kier molecular flexibility index (Phi) is 1.99. The minimum Gasteiger partial charge on any atom is -0.421 e.